The smallest absolute Gasteiger partial charge is 0.240 e. The molecular weight excluding hydrogens is 1460 g/mol. The number of thioether (sulfide) groups is 1. The summed E-state index contributed by atoms with van der Waals surface area (Å²) in [5, 5.41) is 14.5. The number of hydrogen-bond acceptors (Lipinski definition) is 24. The van der Waals surface area contributed by atoms with E-state index in [1.165, 1.54) is 55.5 Å². The third-order valence-electron chi connectivity index (χ3n) is 19.0. The van der Waals surface area contributed by atoms with Crippen LogP contribution in [-0.2, 0) is 90.6 Å². The van der Waals surface area contributed by atoms with E-state index >= 15 is 0 Å². The molecule has 5 heterocycles. The van der Waals surface area contributed by atoms with Gasteiger partial charge in [0.25, 0.3) is 0 Å². The van der Waals surface area contributed by atoms with Gasteiger partial charge >= 0.3 is 188 Å². The number of Topliss-reactive ketones (excluding diaryl/α,β-unsaturated/α-hetero) is 5. The largest absolute Gasteiger partial charge is 0.368 e. The van der Waals surface area contributed by atoms with Crippen molar-refractivity contribution in [2.45, 2.75) is 142 Å². The van der Waals surface area contributed by atoms with Gasteiger partial charge in [-0.1, -0.05) is 52.8 Å². The van der Waals surface area contributed by atoms with Crippen molar-refractivity contribution in [3.05, 3.63) is 84.1 Å². The molecule has 11 N–H and O–H groups in total. The van der Waals surface area contributed by atoms with E-state index in [2.05, 4.69) is 41.5 Å². The van der Waals surface area contributed by atoms with Crippen molar-refractivity contribution < 1.29 is 82.5 Å². The molecule has 34 heteroatoms. The predicted octanol–water partition coefficient (Wildman–Crippen LogP) is 1.38. The van der Waals surface area contributed by atoms with Gasteiger partial charge < -0.3 is 48.0 Å². The maximum atomic E-state index is 14.6. The first kappa shape index (κ1) is 85.3. The number of carbonyl (C=O) groups excluding carboxylic acids is 15. The van der Waals surface area contributed by atoms with Crippen LogP contribution in [0.1, 0.15) is 127 Å². The van der Waals surface area contributed by atoms with Crippen LogP contribution in [0.15, 0.2) is 67.3 Å². The Morgan fingerprint density at radius 2 is 1.18 bits per heavy atom. The van der Waals surface area contributed by atoms with Crippen LogP contribution < -0.4 is 38.1 Å². The molecule has 0 aliphatic carbocycles. The van der Waals surface area contributed by atoms with Crippen LogP contribution >= 0.6 is 11.8 Å². The van der Waals surface area contributed by atoms with Crippen LogP contribution in [-0.4, -0.2) is 255 Å². The van der Waals surface area contributed by atoms with Crippen molar-refractivity contribution in [1.82, 2.24) is 55.8 Å². The topological polar surface area (TPSA) is 453 Å². The van der Waals surface area contributed by atoms with Gasteiger partial charge in [-0.15, -0.1) is 0 Å². The third kappa shape index (κ3) is 28.6. The third-order valence-corrected chi connectivity index (χ3v) is 22.5. The fraction of sp³-hybridized carbons (Fsp3) is 0.562. The maximum Gasteiger partial charge on any atom is 0.240 e. The summed E-state index contributed by atoms with van der Waals surface area (Å²) < 4.78 is 16.2. The van der Waals surface area contributed by atoms with E-state index in [9.17, 15) is 71.9 Å². The summed E-state index contributed by atoms with van der Waals surface area (Å²) in [6.07, 6.45) is 4.31. The standard InChI is InChI=1S/C73H104N14O18S.Ga/c1-44(2)31-49(73(105)81-56(70(75)102)21-30-106-6)35-62(92)58(36-52-38-76-43-78-52)80-65(95)20-17-59(89)69(45(3)4)83-71(103)46(5)32-61(91)57(33-50-37-77-55-10-8-7-9-54(50)55)82-72(104)48(13-18-63(74)93)34-60(90)47-11-14-51(15-12-47)79-64(94)19-16-53(88)39-84-22-24-85(40-66(96)97)26-28-87(42-68(100)101)29-27-86(25-23-84)41-67(98)99;/h7-12,14-15,37-38,43-46,48-49,56-58,69,77H,13,16-36,39-42H2,1-6H3,(H2,74,93)(H2,75,102)(H,76,78)(H,79,94)(H,80,95)(H,81,105)(H,82,104)(H,83,103)(H,96,97)(H,98,99)(H,100,101);/q;+3/p-3/t46-,48-,49-,56+,57+,58+,69+;/m1./s1. The quantitative estimate of drug-likeness (QED) is 0.0224. The number of aromatic nitrogens is 3. The zero-order chi connectivity index (χ0) is 77.9. The predicted molar refractivity (Wildman–Crippen MR) is 395 cm³/mol. The molecule has 4 aromatic rings. The van der Waals surface area contributed by atoms with E-state index in [1.807, 2.05) is 57.9 Å². The van der Waals surface area contributed by atoms with Crippen LogP contribution in [0.4, 0.5) is 5.69 Å². The second kappa shape index (κ2) is 42.6. The molecule has 0 radical (unpaired) electrons. The number of fused-ring (bicyclic) bond motifs is 8. The minimum absolute atomic E-state index is 0.0170. The van der Waals surface area contributed by atoms with Crippen molar-refractivity contribution in [3.8, 4) is 0 Å². The summed E-state index contributed by atoms with van der Waals surface area (Å²) in [6, 6.07) is 8.64. The van der Waals surface area contributed by atoms with Gasteiger partial charge in [-0.2, -0.15) is 11.8 Å². The van der Waals surface area contributed by atoms with Gasteiger partial charge in [-0.05, 0) is 79.0 Å². The average molecular weight is 1560 g/mol. The van der Waals surface area contributed by atoms with Crippen LogP contribution in [0.2, 0.25) is 0 Å². The minimum atomic E-state index is -4.05. The number of amides is 7. The number of nitrogens with two attached hydrogens (primary N) is 2. The minimum Gasteiger partial charge on any atom is -0.368 e. The number of rotatable bonds is 40. The maximum absolute atomic E-state index is 14.6. The Morgan fingerprint density at radius 3 is 1.76 bits per heavy atom. The monoisotopic (exact) mass is 1560 g/mol. The summed E-state index contributed by atoms with van der Waals surface area (Å²) in [6.45, 7) is 11.4. The number of nitrogens with zero attached hydrogens (tertiary/aromatic N) is 5. The zero-order valence-corrected chi connectivity index (χ0v) is 64.9. The van der Waals surface area contributed by atoms with Crippen LogP contribution in [0.3, 0.4) is 0 Å². The van der Waals surface area contributed by atoms with Crippen molar-refractivity contribution in [2.75, 3.05) is 95.9 Å². The summed E-state index contributed by atoms with van der Waals surface area (Å²) in [5.74, 6) is -11.9. The Morgan fingerprint density at radius 1 is 0.598 bits per heavy atom. The number of benzene rings is 2. The normalized spacial score (nSPS) is 18.6. The Hall–Kier alpha value is -8.93. The summed E-state index contributed by atoms with van der Waals surface area (Å²) in [4.78, 5) is 220. The van der Waals surface area contributed by atoms with E-state index in [4.69, 9.17) is 22.1 Å². The Kier molecular flexibility index (Phi) is 33.9. The number of ketones is 5. The molecule has 3 fully saturated rings. The first-order valence-electron chi connectivity index (χ1n) is 36.3. The first-order chi connectivity index (χ1) is 51.0. The van der Waals surface area contributed by atoms with Gasteiger partial charge in [0.1, 0.15) is 6.04 Å². The van der Waals surface area contributed by atoms with Crippen molar-refractivity contribution >= 4 is 134 Å². The second-order valence-corrected chi connectivity index (χ2v) is 32.1. The molecule has 32 nitrogen and oxygen atoms in total. The number of hydrogen-bond donors (Lipinski definition) is 9. The van der Waals surface area contributed by atoms with Crippen LogP contribution in [0.5, 0.6) is 0 Å². The summed E-state index contributed by atoms with van der Waals surface area (Å²) >= 11 is -2.57. The molecule has 0 saturated carbocycles. The molecule has 3 saturated heterocycles. The van der Waals surface area contributed by atoms with Gasteiger partial charge in [-0.25, -0.2) is 4.98 Å². The van der Waals surface area contributed by atoms with E-state index < -0.39 is 160 Å². The Balaban J connectivity index is 0.944. The van der Waals surface area contributed by atoms with Gasteiger partial charge in [0.15, 0.2) is 23.1 Å². The van der Waals surface area contributed by atoms with Gasteiger partial charge in [-0.3, -0.25) is 52.7 Å². The summed E-state index contributed by atoms with van der Waals surface area (Å²) in [7, 11) is 0. The molecular formula is C73H101GaN14O18S. The molecule has 7 rings (SSSR count). The van der Waals surface area contributed by atoms with Gasteiger partial charge in [0.05, 0.1) is 24.5 Å². The molecule has 0 spiro atoms. The summed E-state index contributed by atoms with van der Waals surface area (Å²) in [5.41, 5.74) is 13.5. The molecule has 2 aromatic heterocycles. The van der Waals surface area contributed by atoms with E-state index in [1.54, 1.807) is 26.1 Å². The number of carbonyl (C=O) groups is 15. The number of anilines is 1. The number of para-hydroxylation sites is 1. The van der Waals surface area contributed by atoms with E-state index in [0.717, 1.165) is 10.9 Å². The second-order valence-electron chi connectivity index (χ2n) is 28.4. The Bertz CT molecular complexity index is 3760. The van der Waals surface area contributed by atoms with Crippen molar-refractivity contribution in [1.29, 1.82) is 0 Å². The fourth-order valence-corrected chi connectivity index (χ4v) is 15.5. The van der Waals surface area contributed by atoms with Crippen molar-refractivity contribution in [3.63, 3.8) is 0 Å². The van der Waals surface area contributed by atoms with Crippen LogP contribution in [0, 0.1) is 29.6 Å². The van der Waals surface area contributed by atoms with E-state index in [0.29, 0.717) is 87.9 Å². The average Bonchev–Trinajstić information content (AvgIpc) is 1.74. The molecule has 107 heavy (non-hydrogen) atoms. The van der Waals surface area contributed by atoms with E-state index in [-0.39, 0.29) is 101 Å². The molecule has 4 bridgehead atoms. The van der Waals surface area contributed by atoms with Gasteiger partial charge in [0.2, 0.25) is 35.4 Å². The first-order valence-corrected chi connectivity index (χ1v) is 40.7. The molecule has 2 unspecified atom stereocenters. The number of H-pyrrole nitrogens is 2. The fourth-order valence-electron chi connectivity index (χ4n) is 12.9. The molecule has 3 aliphatic rings. The molecule has 7 amide bonds. The molecule has 580 valence electrons. The van der Waals surface area contributed by atoms with Crippen LogP contribution in [0.25, 0.3) is 10.9 Å². The SMILES string of the molecule is CSCC[C@H](NC(=O)[C@@H](CC(=O)[C@H](Cc1cnc[nH]1)NC(=O)CCC(=O)[C@@H](NC(=O)[C@H](C)CC(=O)[C@H](Cc1c[nH]c2ccccc12)NC(=O)[C@H](CCC(N)=O)CC(=O)c1ccc(NC(=O)CCC(=O)CN2CCN3CCN4CCN(CC2)CC(=O)[O][Ga]([O]C(=O)C3)[O]C(=O)C4)cc1)C(C)C)CC(C)C)C(N)=O. The molecule has 2 aromatic carbocycles. The number of aromatic amines is 2. The van der Waals surface area contributed by atoms with Crippen molar-refractivity contribution in [2.24, 2.45) is 41.1 Å². The molecule has 9 atom stereocenters. The molecule has 3 aliphatic heterocycles. The number of imidazole rings is 1. The van der Waals surface area contributed by atoms with Gasteiger partial charge in [0, 0.05) is 109 Å². The number of primary amides is 2. The Labute approximate surface area is 632 Å². The zero-order valence-electron chi connectivity index (χ0n) is 61.7. The number of nitrogens with one attached hydrogen (secondary N) is 7.